The van der Waals surface area contributed by atoms with Crippen LogP contribution in [0.5, 0.6) is 0 Å². The van der Waals surface area contributed by atoms with Crippen LogP contribution >= 0.6 is 0 Å². The lowest BCUT2D eigenvalue weighted by molar-refractivity contribution is -0.103. The fraction of sp³-hybridized carbons (Fsp3) is 0.900. The zero-order valence-electron chi connectivity index (χ0n) is 45.2. The zero-order valence-corrected chi connectivity index (χ0v) is 45.2. The van der Waals surface area contributed by atoms with Crippen LogP contribution in [0.15, 0.2) is 36.0 Å². The summed E-state index contributed by atoms with van der Waals surface area (Å²) in [5.74, 6) is 5.19. The summed E-state index contributed by atoms with van der Waals surface area (Å²) < 4.78 is 30.2. The topological polar surface area (TPSA) is 75.4 Å². The van der Waals surface area contributed by atoms with E-state index in [0.717, 1.165) is 88.1 Å². The maximum atomic E-state index is 7.77. The molecule has 7 nitrogen and oxygen atoms in total. The summed E-state index contributed by atoms with van der Waals surface area (Å²) in [7, 11) is 1.82. The first kappa shape index (κ1) is 56.8. The van der Waals surface area contributed by atoms with E-state index in [-0.39, 0.29) is 17.1 Å². The Morgan fingerprint density at radius 1 is 0.731 bits per heavy atom. The van der Waals surface area contributed by atoms with Crippen molar-refractivity contribution < 1.29 is 23.7 Å². The van der Waals surface area contributed by atoms with Crippen molar-refractivity contribution in [3.63, 3.8) is 0 Å². The molecule has 0 radical (unpaired) electrons. The highest BCUT2D eigenvalue weighted by Crippen LogP contribution is 2.68. The van der Waals surface area contributed by atoms with Crippen LogP contribution in [0.1, 0.15) is 209 Å². The van der Waals surface area contributed by atoms with E-state index < -0.39 is 0 Å². The van der Waals surface area contributed by atoms with Gasteiger partial charge in [0.25, 0.3) is 0 Å². The van der Waals surface area contributed by atoms with Gasteiger partial charge in [-0.25, -0.2) is 0 Å². The predicted octanol–water partition coefficient (Wildman–Crippen LogP) is 14.7. The highest BCUT2D eigenvalue weighted by atomic mass is 16.7. The molecule has 1 heterocycles. The van der Waals surface area contributed by atoms with Crippen molar-refractivity contribution in [1.29, 1.82) is 0 Å². The molecular weight excluding hydrogens is 829 g/mol. The highest BCUT2D eigenvalue weighted by Gasteiger charge is 2.65. The molecule has 388 valence electrons. The Bertz CT molecular complexity index is 1430. The van der Waals surface area contributed by atoms with Gasteiger partial charge >= 0.3 is 0 Å². The SMILES string of the molecule is CCCCC/C=C\C/C=C\CCCCCCCCOCOCC(CN1CCC(OC)C1)OCCOCCC(C)[C@H]1CC[C@@]2(C)C(=CC[C@@H]3[C@@H]2CC[C@]2(C)[C@@H]([C@H](C)CCCC(C)C)CC[C@@]32N)C1. The van der Waals surface area contributed by atoms with Crippen molar-refractivity contribution in [3.05, 3.63) is 36.0 Å². The molecule has 0 aromatic heterocycles. The number of methoxy groups -OCH3 is 1. The molecule has 67 heavy (non-hydrogen) atoms. The van der Waals surface area contributed by atoms with Crippen LogP contribution in [-0.4, -0.2) is 89.2 Å². The molecule has 5 rings (SSSR count). The van der Waals surface area contributed by atoms with Crippen molar-refractivity contribution in [2.24, 2.45) is 58.0 Å². The number of hydrogen-bond donors (Lipinski definition) is 1. The Labute approximate surface area is 414 Å². The van der Waals surface area contributed by atoms with Gasteiger partial charge in [-0.3, -0.25) is 4.90 Å². The molecular formula is C60H108N2O5. The summed E-state index contributed by atoms with van der Waals surface area (Å²) in [4.78, 5) is 2.45. The van der Waals surface area contributed by atoms with Crippen molar-refractivity contribution in [2.45, 2.75) is 227 Å². The molecule has 7 heteroatoms. The van der Waals surface area contributed by atoms with Crippen LogP contribution in [0.4, 0.5) is 0 Å². The lowest BCUT2D eigenvalue weighted by Gasteiger charge is -2.62. The quantitative estimate of drug-likeness (QED) is 0.0385. The third-order valence-electron chi connectivity index (χ3n) is 18.8. The van der Waals surface area contributed by atoms with Gasteiger partial charge in [-0.15, -0.1) is 0 Å². The van der Waals surface area contributed by atoms with Gasteiger partial charge in [0.1, 0.15) is 6.79 Å². The number of nitrogens with zero attached hydrogens (tertiary/aromatic N) is 1. The fourth-order valence-corrected chi connectivity index (χ4v) is 14.2. The molecule has 0 bridgehead atoms. The molecule has 2 N–H and O–H groups in total. The Morgan fingerprint density at radius 2 is 1.49 bits per heavy atom. The molecule has 5 aliphatic rings. The lowest BCUT2D eigenvalue weighted by atomic mass is 9.44. The predicted molar refractivity (Wildman–Crippen MR) is 282 cm³/mol. The van der Waals surface area contributed by atoms with E-state index in [2.05, 4.69) is 83.7 Å². The zero-order chi connectivity index (χ0) is 48.0. The second-order valence-corrected chi connectivity index (χ2v) is 23.8. The van der Waals surface area contributed by atoms with Gasteiger partial charge in [-0.1, -0.05) is 142 Å². The number of unbranched alkanes of at least 4 members (excludes halogenated alkanes) is 9. The molecule has 4 fully saturated rings. The number of nitrogens with two attached hydrogens (primary N) is 1. The second kappa shape index (κ2) is 30.1. The minimum absolute atomic E-state index is 0.00555. The summed E-state index contributed by atoms with van der Waals surface area (Å²) in [5, 5.41) is 0. The van der Waals surface area contributed by atoms with Crippen molar-refractivity contribution in [3.8, 4) is 0 Å². The van der Waals surface area contributed by atoms with Gasteiger partial charge < -0.3 is 29.4 Å². The van der Waals surface area contributed by atoms with Crippen molar-refractivity contribution in [2.75, 3.05) is 66.6 Å². The Balaban J connectivity index is 0.936. The molecule has 1 aliphatic heterocycles. The molecule has 11 atom stereocenters. The van der Waals surface area contributed by atoms with E-state index in [9.17, 15) is 0 Å². The third-order valence-corrected chi connectivity index (χ3v) is 18.8. The molecule has 0 spiro atoms. The van der Waals surface area contributed by atoms with Crippen LogP contribution in [0, 0.1) is 52.3 Å². The van der Waals surface area contributed by atoms with Gasteiger partial charge in [0.2, 0.25) is 0 Å². The Morgan fingerprint density at radius 3 is 2.24 bits per heavy atom. The van der Waals surface area contributed by atoms with Crippen molar-refractivity contribution >= 4 is 0 Å². The average Bonchev–Trinajstić information content (AvgIpc) is 3.89. The van der Waals surface area contributed by atoms with Crippen LogP contribution in [0.3, 0.4) is 0 Å². The van der Waals surface area contributed by atoms with Gasteiger partial charge in [0.05, 0.1) is 32.0 Å². The normalized spacial score (nSPS) is 31.4. The van der Waals surface area contributed by atoms with E-state index in [1.807, 2.05) is 7.11 Å². The van der Waals surface area contributed by atoms with Crippen LogP contribution in [0.25, 0.3) is 0 Å². The van der Waals surface area contributed by atoms with Crippen LogP contribution in [0.2, 0.25) is 0 Å². The highest BCUT2D eigenvalue weighted by molar-refractivity contribution is 5.29. The number of allylic oxidation sites excluding steroid dienone is 6. The maximum absolute atomic E-state index is 7.77. The molecule has 0 amide bonds. The van der Waals surface area contributed by atoms with E-state index in [1.54, 1.807) is 5.57 Å². The second-order valence-electron chi connectivity index (χ2n) is 23.8. The van der Waals surface area contributed by atoms with E-state index >= 15 is 0 Å². The standard InChI is InChI=1S/C60H108N2O5/c1-9-10-11-12-13-14-15-16-17-18-19-20-21-22-23-24-39-65-47-66-46-54(45-62-38-33-53(44-62)63-8)67-42-41-64-40-34-49(4)51-30-35-58(6)52(43-51)28-29-57-56(58)31-36-59(7)55(32-37-60(57,59)61)50(5)27-25-26-48(2)3/h13-14,16-17,28,48-51,53-57H,9-12,15,18-27,29-47,61H2,1-8H3/b14-13-,17-16-/t49?,50-,51+,53?,54?,55-,56+,57-,58+,59-,60-/m1/s1. The number of rotatable bonds is 35. The van der Waals surface area contributed by atoms with Gasteiger partial charge in [0, 0.05) is 45.5 Å². The van der Waals surface area contributed by atoms with E-state index in [1.165, 1.54) is 135 Å². The molecule has 0 aromatic carbocycles. The molecule has 3 unspecified atom stereocenters. The summed E-state index contributed by atoms with van der Waals surface area (Å²) in [5.41, 5.74) is 10.2. The number of ether oxygens (including phenoxy) is 5. The average molecular weight is 938 g/mol. The Hall–Kier alpha value is -1.06. The minimum atomic E-state index is -0.00576. The lowest BCUT2D eigenvalue weighted by Crippen LogP contribution is -2.65. The van der Waals surface area contributed by atoms with Crippen LogP contribution < -0.4 is 5.73 Å². The van der Waals surface area contributed by atoms with Crippen LogP contribution in [-0.2, 0) is 23.7 Å². The summed E-state index contributed by atoms with van der Waals surface area (Å²) >= 11 is 0. The number of likely N-dealkylation sites (tertiary alicyclic amines) is 1. The Kier molecular flexibility index (Phi) is 25.5. The number of hydrogen-bond acceptors (Lipinski definition) is 7. The summed E-state index contributed by atoms with van der Waals surface area (Å²) in [6.45, 7) is 23.8. The minimum Gasteiger partial charge on any atom is -0.380 e. The molecule has 1 saturated heterocycles. The maximum Gasteiger partial charge on any atom is 0.146 e. The van der Waals surface area contributed by atoms with Crippen molar-refractivity contribution in [1.82, 2.24) is 4.90 Å². The first-order chi connectivity index (χ1) is 32.4. The summed E-state index contributed by atoms with van der Waals surface area (Å²) in [6, 6.07) is 0. The van der Waals surface area contributed by atoms with Gasteiger partial charge in [-0.05, 0) is 155 Å². The summed E-state index contributed by atoms with van der Waals surface area (Å²) in [6.07, 6.45) is 44.2. The first-order valence-corrected chi connectivity index (χ1v) is 28.8. The van der Waals surface area contributed by atoms with Gasteiger partial charge in [0.15, 0.2) is 0 Å². The number of fused-ring (bicyclic) bond motifs is 5. The largest absolute Gasteiger partial charge is 0.380 e. The van der Waals surface area contributed by atoms with E-state index in [0.29, 0.717) is 50.0 Å². The fourth-order valence-electron chi connectivity index (χ4n) is 14.2. The molecule has 4 aliphatic carbocycles. The third kappa shape index (κ3) is 17.0. The van der Waals surface area contributed by atoms with E-state index in [4.69, 9.17) is 29.4 Å². The van der Waals surface area contributed by atoms with Gasteiger partial charge in [-0.2, -0.15) is 0 Å². The molecule has 3 saturated carbocycles. The first-order valence-electron chi connectivity index (χ1n) is 28.8. The smallest absolute Gasteiger partial charge is 0.146 e. The monoisotopic (exact) mass is 937 g/mol. The molecule has 0 aromatic rings.